The Morgan fingerprint density at radius 2 is 1.81 bits per heavy atom. The normalized spacial score (nSPS) is 14.8. The number of hydrogen-bond acceptors (Lipinski definition) is 3. The molecule has 7 heteroatoms. The van der Waals surface area contributed by atoms with Crippen LogP contribution in [0.25, 0.3) is 0 Å². The van der Waals surface area contributed by atoms with Crippen molar-refractivity contribution in [1.29, 1.82) is 0 Å². The fourth-order valence-electron chi connectivity index (χ4n) is 2.90. The van der Waals surface area contributed by atoms with Crippen molar-refractivity contribution in [1.82, 2.24) is 9.62 Å². The predicted octanol–water partition coefficient (Wildman–Crippen LogP) is 2.74. The molecule has 1 saturated heterocycles. The zero-order valence-corrected chi connectivity index (χ0v) is 15.4. The van der Waals surface area contributed by atoms with E-state index in [0.29, 0.717) is 13.0 Å². The molecule has 26 heavy (non-hydrogen) atoms. The highest BCUT2D eigenvalue weighted by Crippen LogP contribution is 2.16. The van der Waals surface area contributed by atoms with E-state index in [-0.39, 0.29) is 22.9 Å². The van der Waals surface area contributed by atoms with Crippen LogP contribution in [0.4, 0.5) is 4.39 Å². The van der Waals surface area contributed by atoms with Crippen LogP contribution >= 0.6 is 0 Å². The van der Waals surface area contributed by atoms with E-state index in [0.717, 1.165) is 30.2 Å². The average Bonchev–Trinajstić information content (AvgIpc) is 3.01. The molecule has 0 bridgehead atoms. The SMILES string of the molecule is Cc1cc(S(=O)(=O)NCc2ccc(CN3CCCC3=O)cc2)ccc1F. The fraction of sp³-hybridized carbons (Fsp3) is 0.316. The van der Waals surface area contributed by atoms with Crippen LogP contribution in [0.5, 0.6) is 0 Å². The van der Waals surface area contributed by atoms with E-state index < -0.39 is 15.8 Å². The summed E-state index contributed by atoms with van der Waals surface area (Å²) in [6.45, 7) is 3.04. The summed E-state index contributed by atoms with van der Waals surface area (Å²) in [7, 11) is -3.70. The summed E-state index contributed by atoms with van der Waals surface area (Å²) in [5.74, 6) is -0.257. The molecule has 2 aromatic carbocycles. The summed E-state index contributed by atoms with van der Waals surface area (Å²) in [4.78, 5) is 13.5. The minimum absolute atomic E-state index is 0.0422. The van der Waals surface area contributed by atoms with Crippen molar-refractivity contribution < 1.29 is 17.6 Å². The molecule has 0 saturated carbocycles. The predicted molar refractivity (Wildman–Crippen MR) is 96.3 cm³/mol. The summed E-state index contributed by atoms with van der Waals surface area (Å²) >= 11 is 0. The molecule has 1 aliphatic rings. The third-order valence-corrected chi connectivity index (χ3v) is 5.87. The van der Waals surface area contributed by atoms with E-state index in [1.54, 1.807) is 0 Å². The molecule has 1 amide bonds. The zero-order chi connectivity index (χ0) is 18.7. The molecule has 0 spiro atoms. The van der Waals surface area contributed by atoms with Gasteiger partial charge in [-0.3, -0.25) is 4.79 Å². The number of rotatable bonds is 6. The molecule has 3 rings (SSSR count). The van der Waals surface area contributed by atoms with Crippen molar-refractivity contribution in [3.63, 3.8) is 0 Å². The zero-order valence-electron chi connectivity index (χ0n) is 14.5. The van der Waals surface area contributed by atoms with Gasteiger partial charge in [0.15, 0.2) is 0 Å². The number of nitrogens with one attached hydrogen (secondary N) is 1. The molecule has 1 fully saturated rings. The highest BCUT2D eigenvalue weighted by molar-refractivity contribution is 7.89. The van der Waals surface area contributed by atoms with Crippen LogP contribution in [-0.4, -0.2) is 25.8 Å². The Kier molecular flexibility index (Phi) is 5.38. The number of likely N-dealkylation sites (tertiary alicyclic amines) is 1. The van der Waals surface area contributed by atoms with Gasteiger partial charge in [-0.1, -0.05) is 24.3 Å². The van der Waals surface area contributed by atoms with E-state index >= 15 is 0 Å². The van der Waals surface area contributed by atoms with Gasteiger partial charge in [-0.05, 0) is 48.2 Å². The number of aryl methyl sites for hydroxylation is 1. The standard InChI is InChI=1S/C19H21FN2O3S/c1-14-11-17(8-9-18(14)20)26(24,25)21-12-15-4-6-16(7-5-15)13-22-10-2-3-19(22)23/h4-9,11,21H,2-3,10,12-13H2,1H3. The maximum atomic E-state index is 13.3. The number of sulfonamides is 1. The second-order valence-corrected chi connectivity index (χ2v) is 8.24. The van der Waals surface area contributed by atoms with Crippen LogP contribution in [0, 0.1) is 12.7 Å². The molecule has 0 unspecified atom stereocenters. The summed E-state index contributed by atoms with van der Waals surface area (Å²) in [6, 6.07) is 11.2. The van der Waals surface area contributed by atoms with Crippen LogP contribution < -0.4 is 4.72 Å². The molecule has 1 N–H and O–H groups in total. The monoisotopic (exact) mass is 376 g/mol. The Bertz CT molecular complexity index is 911. The van der Waals surface area contributed by atoms with Crippen molar-refractivity contribution in [2.24, 2.45) is 0 Å². The van der Waals surface area contributed by atoms with Gasteiger partial charge in [0.1, 0.15) is 5.82 Å². The average molecular weight is 376 g/mol. The fourth-order valence-corrected chi connectivity index (χ4v) is 4.00. The van der Waals surface area contributed by atoms with Crippen molar-refractivity contribution in [2.45, 2.75) is 37.8 Å². The van der Waals surface area contributed by atoms with Crippen LogP contribution in [0.15, 0.2) is 47.4 Å². The van der Waals surface area contributed by atoms with E-state index in [1.165, 1.54) is 19.1 Å². The van der Waals surface area contributed by atoms with Crippen molar-refractivity contribution in [3.8, 4) is 0 Å². The van der Waals surface area contributed by atoms with Gasteiger partial charge in [0.05, 0.1) is 4.90 Å². The Hall–Kier alpha value is -2.25. The number of halogens is 1. The lowest BCUT2D eigenvalue weighted by Crippen LogP contribution is -2.24. The number of benzene rings is 2. The molecule has 0 aliphatic carbocycles. The third-order valence-electron chi connectivity index (χ3n) is 4.47. The summed E-state index contributed by atoms with van der Waals surface area (Å²) in [6.07, 6.45) is 1.52. The smallest absolute Gasteiger partial charge is 0.240 e. The van der Waals surface area contributed by atoms with Crippen molar-refractivity contribution in [3.05, 3.63) is 65.0 Å². The Balaban J connectivity index is 1.62. The first-order valence-electron chi connectivity index (χ1n) is 8.46. The topological polar surface area (TPSA) is 66.5 Å². The van der Waals surface area contributed by atoms with Crippen molar-refractivity contribution in [2.75, 3.05) is 6.54 Å². The van der Waals surface area contributed by atoms with Crippen molar-refractivity contribution >= 4 is 15.9 Å². The maximum absolute atomic E-state index is 13.3. The highest BCUT2D eigenvalue weighted by Gasteiger charge is 2.20. The first-order valence-corrected chi connectivity index (χ1v) is 9.95. The van der Waals surface area contributed by atoms with Gasteiger partial charge in [0.2, 0.25) is 15.9 Å². The minimum atomic E-state index is -3.70. The van der Waals surface area contributed by atoms with Gasteiger partial charge >= 0.3 is 0 Å². The van der Waals surface area contributed by atoms with E-state index in [4.69, 9.17) is 0 Å². The first-order chi connectivity index (χ1) is 12.3. The molecule has 2 aromatic rings. The number of nitrogens with zero attached hydrogens (tertiary/aromatic N) is 1. The van der Waals surface area contributed by atoms with Gasteiger partial charge in [-0.15, -0.1) is 0 Å². The molecule has 138 valence electrons. The number of carbonyl (C=O) groups is 1. The lowest BCUT2D eigenvalue weighted by atomic mass is 10.1. The van der Waals surface area contributed by atoms with Gasteiger partial charge in [0.25, 0.3) is 0 Å². The number of amides is 1. The van der Waals surface area contributed by atoms with Crippen LogP contribution in [-0.2, 0) is 27.9 Å². The van der Waals surface area contributed by atoms with Gasteiger partial charge in [-0.2, -0.15) is 0 Å². The second kappa shape index (κ2) is 7.55. The minimum Gasteiger partial charge on any atom is -0.338 e. The molecule has 1 heterocycles. The van der Waals surface area contributed by atoms with E-state index in [1.807, 2.05) is 29.2 Å². The molecule has 0 aromatic heterocycles. The second-order valence-electron chi connectivity index (χ2n) is 6.47. The molecular weight excluding hydrogens is 355 g/mol. The van der Waals surface area contributed by atoms with E-state index in [9.17, 15) is 17.6 Å². The lowest BCUT2D eigenvalue weighted by Gasteiger charge is -2.15. The molecule has 0 atom stereocenters. The number of hydrogen-bond donors (Lipinski definition) is 1. The maximum Gasteiger partial charge on any atom is 0.240 e. The Labute approximate surface area is 152 Å². The highest BCUT2D eigenvalue weighted by atomic mass is 32.2. The largest absolute Gasteiger partial charge is 0.338 e. The summed E-state index contributed by atoms with van der Waals surface area (Å²) in [5.41, 5.74) is 2.11. The molecule has 1 aliphatic heterocycles. The quantitative estimate of drug-likeness (QED) is 0.843. The van der Waals surface area contributed by atoms with Gasteiger partial charge < -0.3 is 4.90 Å². The Morgan fingerprint density at radius 3 is 2.42 bits per heavy atom. The van der Waals surface area contributed by atoms with E-state index in [2.05, 4.69) is 4.72 Å². The number of carbonyl (C=O) groups excluding carboxylic acids is 1. The van der Waals surface area contributed by atoms with Crippen LogP contribution in [0.2, 0.25) is 0 Å². The third kappa shape index (κ3) is 4.28. The molecule has 5 nitrogen and oxygen atoms in total. The summed E-state index contributed by atoms with van der Waals surface area (Å²) < 4.78 is 40.5. The molecular formula is C19H21FN2O3S. The van der Waals surface area contributed by atoms with Crippen LogP contribution in [0.3, 0.4) is 0 Å². The first kappa shape index (κ1) is 18.5. The van der Waals surface area contributed by atoms with Gasteiger partial charge in [-0.25, -0.2) is 17.5 Å². The summed E-state index contributed by atoms with van der Waals surface area (Å²) in [5, 5.41) is 0. The van der Waals surface area contributed by atoms with Gasteiger partial charge in [0, 0.05) is 26.1 Å². The molecule has 0 radical (unpaired) electrons. The Morgan fingerprint density at radius 1 is 1.12 bits per heavy atom. The van der Waals surface area contributed by atoms with Crippen LogP contribution in [0.1, 0.15) is 29.5 Å². The lowest BCUT2D eigenvalue weighted by molar-refractivity contribution is -0.128.